The Balaban J connectivity index is 1.43. The first kappa shape index (κ1) is 28.9. The molecule has 0 saturated heterocycles. The standard InChI is InChI=1S/C40H34N2O2/c1-29-23-25-35(39(43,31-15-7-3-8-16-31)32-17-9-4-10-18-32)27-37(29)41-42-38-28-36(26-24-30(38)2)40(44,33-19-11-5-12-20-33)34-21-13-6-14-22-34/h3-28,43-44H,1-2H3. The highest BCUT2D eigenvalue weighted by Gasteiger charge is 2.35. The zero-order valence-electron chi connectivity index (χ0n) is 24.8. The minimum atomic E-state index is -1.38. The third-order valence-corrected chi connectivity index (χ3v) is 8.29. The van der Waals surface area contributed by atoms with E-state index in [0.717, 1.165) is 33.4 Å². The Morgan fingerprint density at radius 3 is 0.909 bits per heavy atom. The molecule has 0 heterocycles. The molecule has 0 bridgehead atoms. The molecule has 0 saturated carbocycles. The summed E-state index contributed by atoms with van der Waals surface area (Å²) in [7, 11) is 0. The van der Waals surface area contributed by atoms with E-state index in [2.05, 4.69) is 0 Å². The van der Waals surface area contributed by atoms with Crippen LogP contribution in [0.4, 0.5) is 11.4 Å². The molecule has 0 aliphatic rings. The molecule has 4 nitrogen and oxygen atoms in total. The Labute approximate surface area is 258 Å². The Morgan fingerprint density at radius 2 is 0.636 bits per heavy atom. The maximum Gasteiger partial charge on any atom is 0.140 e. The highest BCUT2D eigenvalue weighted by molar-refractivity contribution is 5.57. The quantitative estimate of drug-likeness (QED) is 0.141. The van der Waals surface area contributed by atoms with Gasteiger partial charge in [-0.05, 0) is 70.5 Å². The summed E-state index contributed by atoms with van der Waals surface area (Å²) in [6, 6.07) is 50.3. The summed E-state index contributed by atoms with van der Waals surface area (Å²) >= 11 is 0. The smallest absolute Gasteiger partial charge is 0.140 e. The van der Waals surface area contributed by atoms with Gasteiger partial charge in [-0.25, -0.2) is 0 Å². The maximum absolute atomic E-state index is 12.3. The maximum atomic E-state index is 12.3. The first-order valence-electron chi connectivity index (χ1n) is 14.7. The lowest BCUT2D eigenvalue weighted by Gasteiger charge is -2.30. The molecule has 6 aromatic rings. The third-order valence-electron chi connectivity index (χ3n) is 8.29. The van der Waals surface area contributed by atoms with Gasteiger partial charge in [-0.2, -0.15) is 10.2 Å². The fourth-order valence-corrected chi connectivity index (χ4v) is 5.71. The normalized spacial score (nSPS) is 12.0. The summed E-state index contributed by atoms with van der Waals surface area (Å²) in [6.07, 6.45) is 0. The van der Waals surface area contributed by atoms with Crippen molar-refractivity contribution in [2.24, 2.45) is 10.2 Å². The lowest BCUT2D eigenvalue weighted by atomic mass is 9.80. The molecule has 4 heteroatoms. The number of aliphatic hydroxyl groups is 2. The highest BCUT2D eigenvalue weighted by atomic mass is 16.3. The average Bonchev–Trinajstić information content (AvgIpc) is 3.09. The van der Waals surface area contributed by atoms with E-state index >= 15 is 0 Å². The zero-order valence-corrected chi connectivity index (χ0v) is 24.8. The first-order chi connectivity index (χ1) is 21.4. The summed E-state index contributed by atoms with van der Waals surface area (Å²) in [6.45, 7) is 3.96. The van der Waals surface area contributed by atoms with Crippen molar-refractivity contribution in [2.45, 2.75) is 25.0 Å². The molecule has 44 heavy (non-hydrogen) atoms. The molecule has 0 radical (unpaired) electrons. The van der Waals surface area contributed by atoms with Crippen LogP contribution in [0.2, 0.25) is 0 Å². The molecule has 0 spiro atoms. The molecule has 0 fully saturated rings. The van der Waals surface area contributed by atoms with Gasteiger partial charge in [-0.15, -0.1) is 0 Å². The van der Waals surface area contributed by atoms with E-state index in [1.54, 1.807) is 0 Å². The van der Waals surface area contributed by atoms with Crippen LogP contribution in [-0.2, 0) is 11.2 Å². The third kappa shape index (κ3) is 5.37. The van der Waals surface area contributed by atoms with Gasteiger partial charge in [0.25, 0.3) is 0 Å². The van der Waals surface area contributed by atoms with Gasteiger partial charge < -0.3 is 10.2 Å². The van der Waals surface area contributed by atoms with Crippen LogP contribution >= 0.6 is 0 Å². The fraction of sp³-hybridized carbons (Fsp3) is 0.100. The lowest BCUT2D eigenvalue weighted by Crippen LogP contribution is -2.28. The van der Waals surface area contributed by atoms with Gasteiger partial charge in [-0.3, -0.25) is 0 Å². The van der Waals surface area contributed by atoms with Gasteiger partial charge in [0.05, 0.1) is 11.4 Å². The Kier molecular flexibility index (Phi) is 8.03. The highest BCUT2D eigenvalue weighted by Crippen LogP contribution is 2.41. The Hall–Kier alpha value is -5.16. The number of nitrogens with zero attached hydrogens (tertiary/aromatic N) is 2. The predicted octanol–water partition coefficient (Wildman–Crippen LogP) is 9.29. The van der Waals surface area contributed by atoms with E-state index in [-0.39, 0.29) is 0 Å². The van der Waals surface area contributed by atoms with Crippen LogP contribution in [0.15, 0.2) is 168 Å². The van der Waals surface area contributed by atoms with Crippen LogP contribution in [-0.4, -0.2) is 10.2 Å². The van der Waals surface area contributed by atoms with Crippen molar-refractivity contribution in [3.63, 3.8) is 0 Å². The first-order valence-corrected chi connectivity index (χ1v) is 14.7. The summed E-state index contributed by atoms with van der Waals surface area (Å²) in [5.41, 5.74) is 4.87. The van der Waals surface area contributed by atoms with Gasteiger partial charge in [-0.1, -0.05) is 146 Å². The summed E-state index contributed by atoms with van der Waals surface area (Å²) in [4.78, 5) is 0. The second-order valence-electron chi connectivity index (χ2n) is 11.1. The molecule has 6 rings (SSSR count). The minimum Gasteiger partial charge on any atom is -0.376 e. The Morgan fingerprint density at radius 1 is 0.364 bits per heavy atom. The van der Waals surface area contributed by atoms with Gasteiger partial charge >= 0.3 is 0 Å². The SMILES string of the molecule is Cc1ccc(C(O)(c2ccccc2)c2ccccc2)cc1N=Nc1cc(C(O)(c2ccccc2)c2ccccc2)ccc1C. The van der Waals surface area contributed by atoms with Crippen LogP contribution in [0, 0.1) is 13.8 Å². The van der Waals surface area contributed by atoms with E-state index in [0.29, 0.717) is 22.5 Å². The minimum absolute atomic E-state index is 0.652. The molecule has 0 aliphatic carbocycles. The topological polar surface area (TPSA) is 65.2 Å². The summed E-state index contributed by atoms with van der Waals surface area (Å²) < 4.78 is 0. The van der Waals surface area contributed by atoms with Crippen molar-refractivity contribution >= 4 is 11.4 Å². The lowest BCUT2D eigenvalue weighted by molar-refractivity contribution is 0.125. The molecule has 2 N–H and O–H groups in total. The molecule has 0 aliphatic heterocycles. The number of hydrogen-bond donors (Lipinski definition) is 2. The summed E-state index contributed by atoms with van der Waals surface area (Å²) in [5.74, 6) is 0. The van der Waals surface area contributed by atoms with Crippen LogP contribution in [0.3, 0.4) is 0 Å². The molecule has 216 valence electrons. The zero-order chi connectivity index (χ0) is 30.6. The molecule has 0 amide bonds. The number of hydrogen-bond acceptors (Lipinski definition) is 4. The monoisotopic (exact) mass is 574 g/mol. The van der Waals surface area contributed by atoms with Crippen molar-refractivity contribution in [3.8, 4) is 0 Å². The van der Waals surface area contributed by atoms with Crippen LogP contribution < -0.4 is 0 Å². The largest absolute Gasteiger partial charge is 0.376 e. The molecule has 0 unspecified atom stereocenters. The second kappa shape index (κ2) is 12.2. The van der Waals surface area contributed by atoms with Gasteiger partial charge in [0.15, 0.2) is 0 Å². The number of aryl methyl sites for hydroxylation is 2. The van der Waals surface area contributed by atoms with E-state index in [4.69, 9.17) is 10.2 Å². The van der Waals surface area contributed by atoms with E-state index < -0.39 is 11.2 Å². The van der Waals surface area contributed by atoms with Crippen LogP contribution in [0.25, 0.3) is 0 Å². The van der Waals surface area contributed by atoms with Crippen LogP contribution in [0.5, 0.6) is 0 Å². The van der Waals surface area contributed by atoms with E-state index in [1.807, 2.05) is 172 Å². The number of azo groups is 1. The van der Waals surface area contributed by atoms with Crippen LogP contribution in [0.1, 0.15) is 44.5 Å². The molecular formula is C40H34N2O2. The Bertz CT molecular complexity index is 1670. The molecule has 0 atom stereocenters. The number of benzene rings is 6. The number of rotatable bonds is 8. The predicted molar refractivity (Wildman–Crippen MR) is 177 cm³/mol. The fourth-order valence-electron chi connectivity index (χ4n) is 5.71. The van der Waals surface area contributed by atoms with Gasteiger partial charge in [0.2, 0.25) is 0 Å². The van der Waals surface area contributed by atoms with E-state index in [1.165, 1.54) is 0 Å². The van der Waals surface area contributed by atoms with Crippen molar-refractivity contribution in [3.05, 3.63) is 202 Å². The second-order valence-corrected chi connectivity index (χ2v) is 11.1. The van der Waals surface area contributed by atoms with Crippen molar-refractivity contribution in [1.29, 1.82) is 0 Å². The van der Waals surface area contributed by atoms with Crippen molar-refractivity contribution in [2.75, 3.05) is 0 Å². The van der Waals surface area contributed by atoms with Crippen molar-refractivity contribution in [1.82, 2.24) is 0 Å². The molecular weight excluding hydrogens is 540 g/mol. The van der Waals surface area contributed by atoms with E-state index in [9.17, 15) is 10.2 Å². The molecule has 6 aromatic carbocycles. The van der Waals surface area contributed by atoms with Gasteiger partial charge in [0, 0.05) is 0 Å². The van der Waals surface area contributed by atoms with Crippen molar-refractivity contribution < 1.29 is 10.2 Å². The average molecular weight is 575 g/mol. The van der Waals surface area contributed by atoms with Gasteiger partial charge in [0.1, 0.15) is 11.2 Å². The molecule has 0 aromatic heterocycles. The summed E-state index contributed by atoms with van der Waals surface area (Å²) in [5, 5.41) is 34.0.